The molecule has 0 aromatic carbocycles. The van der Waals surface area contributed by atoms with Crippen LogP contribution in [0.15, 0.2) is 0 Å². The molecule has 0 radical (unpaired) electrons. The Morgan fingerprint density at radius 1 is 1.50 bits per heavy atom. The van der Waals surface area contributed by atoms with E-state index in [9.17, 15) is 13.2 Å². The molecule has 0 saturated heterocycles. The van der Waals surface area contributed by atoms with Gasteiger partial charge >= 0.3 is 0 Å². The highest BCUT2D eigenvalue weighted by molar-refractivity contribution is 7.90. The molecular weight excluding hydrogens is 256 g/mol. The van der Waals surface area contributed by atoms with Crippen molar-refractivity contribution < 1.29 is 13.2 Å². The molecule has 0 aliphatic carbocycles. The van der Waals surface area contributed by atoms with Crippen molar-refractivity contribution in [3.63, 3.8) is 0 Å². The van der Waals surface area contributed by atoms with Crippen molar-refractivity contribution in [2.45, 2.75) is 19.8 Å². The molecule has 0 saturated carbocycles. The number of rotatable bonds is 6. The summed E-state index contributed by atoms with van der Waals surface area (Å²) in [6.45, 7) is 2.04. The number of nitrogens with one attached hydrogen (secondary N) is 2. The molecule has 1 aromatic heterocycles. The quantitative estimate of drug-likeness (QED) is 0.659. The van der Waals surface area contributed by atoms with Gasteiger partial charge in [0.05, 0.1) is 17.1 Å². The SMILES string of the molecule is CCCc1[nH]nc(C(=O)NCCS(C)(=O)=O)c1N. The summed E-state index contributed by atoms with van der Waals surface area (Å²) >= 11 is 0. The zero-order valence-corrected chi connectivity index (χ0v) is 11.3. The maximum absolute atomic E-state index is 11.7. The van der Waals surface area contributed by atoms with E-state index < -0.39 is 15.7 Å². The Kier molecular flexibility index (Phi) is 4.71. The predicted octanol–water partition coefficient (Wildman–Crippen LogP) is -0.281. The van der Waals surface area contributed by atoms with Crippen molar-refractivity contribution in [2.75, 3.05) is 24.3 Å². The van der Waals surface area contributed by atoms with E-state index >= 15 is 0 Å². The van der Waals surface area contributed by atoms with Gasteiger partial charge in [-0.3, -0.25) is 9.89 Å². The Morgan fingerprint density at radius 2 is 2.17 bits per heavy atom. The standard InChI is InChI=1S/C10H18N4O3S/c1-3-4-7-8(11)9(14-13-7)10(15)12-5-6-18(2,16)17/h3-6,11H2,1-2H3,(H,12,15)(H,13,14). The van der Waals surface area contributed by atoms with Crippen molar-refractivity contribution in [3.05, 3.63) is 11.4 Å². The van der Waals surface area contributed by atoms with Crippen molar-refractivity contribution in [3.8, 4) is 0 Å². The molecule has 4 N–H and O–H groups in total. The number of H-pyrrole nitrogens is 1. The molecule has 102 valence electrons. The highest BCUT2D eigenvalue weighted by Crippen LogP contribution is 2.15. The number of anilines is 1. The van der Waals surface area contributed by atoms with Gasteiger partial charge in [-0.25, -0.2) is 8.42 Å². The monoisotopic (exact) mass is 274 g/mol. The van der Waals surface area contributed by atoms with Crippen LogP contribution >= 0.6 is 0 Å². The molecule has 0 atom stereocenters. The fourth-order valence-electron chi connectivity index (χ4n) is 1.43. The molecule has 1 rings (SSSR count). The lowest BCUT2D eigenvalue weighted by molar-refractivity contribution is 0.0952. The maximum Gasteiger partial charge on any atom is 0.273 e. The van der Waals surface area contributed by atoms with Crippen LogP contribution in [-0.2, 0) is 16.3 Å². The summed E-state index contributed by atoms with van der Waals surface area (Å²) in [6, 6.07) is 0. The van der Waals surface area contributed by atoms with Crippen molar-refractivity contribution >= 4 is 21.4 Å². The zero-order chi connectivity index (χ0) is 13.8. The van der Waals surface area contributed by atoms with E-state index in [-0.39, 0.29) is 18.0 Å². The van der Waals surface area contributed by atoms with Crippen LogP contribution in [0.2, 0.25) is 0 Å². The van der Waals surface area contributed by atoms with E-state index in [2.05, 4.69) is 15.5 Å². The van der Waals surface area contributed by atoms with E-state index in [0.29, 0.717) is 5.69 Å². The van der Waals surface area contributed by atoms with Crippen molar-refractivity contribution in [1.29, 1.82) is 0 Å². The molecule has 8 heteroatoms. The lowest BCUT2D eigenvalue weighted by atomic mass is 10.2. The first-order valence-corrected chi connectivity index (χ1v) is 7.69. The number of aromatic nitrogens is 2. The average Bonchev–Trinajstić information content (AvgIpc) is 2.59. The van der Waals surface area contributed by atoms with Crippen LogP contribution < -0.4 is 11.1 Å². The van der Waals surface area contributed by atoms with Crippen LogP contribution in [0.5, 0.6) is 0 Å². The number of aromatic amines is 1. The molecule has 0 spiro atoms. The number of nitrogens with two attached hydrogens (primary N) is 1. The summed E-state index contributed by atoms with van der Waals surface area (Å²) < 4.78 is 21.8. The van der Waals surface area contributed by atoms with Gasteiger partial charge in [-0.05, 0) is 6.42 Å². The van der Waals surface area contributed by atoms with Crippen molar-refractivity contribution in [2.24, 2.45) is 0 Å². The molecule has 0 fully saturated rings. The number of nitrogen functional groups attached to an aromatic ring is 1. The fourth-order valence-corrected chi connectivity index (χ4v) is 1.91. The van der Waals surface area contributed by atoms with Crippen LogP contribution in [0.4, 0.5) is 5.69 Å². The first kappa shape index (κ1) is 14.5. The smallest absolute Gasteiger partial charge is 0.273 e. The van der Waals surface area contributed by atoms with Crippen LogP contribution in [0.3, 0.4) is 0 Å². The Labute approximate surface area is 106 Å². The second-order valence-corrected chi connectivity index (χ2v) is 6.36. The van der Waals surface area contributed by atoms with E-state index in [1.807, 2.05) is 6.92 Å². The van der Waals surface area contributed by atoms with E-state index in [4.69, 9.17) is 5.73 Å². The Balaban J connectivity index is 2.62. The summed E-state index contributed by atoms with van der Waals surface area (Å²) in [5.74, 6) is -0.569. The molecule has 0 bridgehead atoms. The number of hydrogen-bond donors (Lipinski definition) is 3. The van der Waals surface area contributed by atoms with E-state index in [1.165, 1.54) is 0 Å². The first-order chi connectivity index (χ1) is 8.35. The lowest BCUT2D eigenvalue weighted by Gasteiger charge is -2.02. The largest absolute Gasteiger partial charge is 0.395 e. The molecule has 18 heavy (non-hydrogen) atoms. The van der Waals surface area contributed by atoms with Gasteiger partial charge in [-0.15, -0.1) is 0 Å². The zero-order valence-electron chi connectivity index (χ0n) is 10.5. The van der Waals surface area contributed by atoms with E-state index in [1.54, 1.807) is 0 Å². The highest BCUT2D eigenvalue weighted by atomic mass is 32.2. The van der Waals surface area contributed by atoms with Gasteiger partial charge in [-0.1, -0.05) is 13.3 Å². The second kappa shape index (κ2) is 5.85. The number of aryl methyl sites for hydroxylation is 1. The second-order valence-electron chi connectivity index (χ2n) is 4.10. The summed E-state index contributed by atoms with van der Waals surface area (Å²) in [7, 11) is -3.09. The normalized spacial score (nSPS) is 11.4. The van der Waals surface area contributed by atoms with E-state index in [0.717, 1.165) is 24.8 Å². The number of amides is 1. The summed E-state index contributed by atoms with van der Waals surface area (Å²) in [5.41, 5.74) is 6.95. The Hall–Kier alpha value is -1.57. The van der Waals surface area contributed by atoms with Gasteiger partial charge in [0, 0.05) is 12.8 Å². The van der Waals surface area contributed by atoms with Crippen LogP contribution in [0, 0.1) is 0 Å². The van der Waals surface area contributed by atoms with Gasteiger partial charge in [0.25, 0.3) is 5.91 Å². The van der Waals surface area contributed by atoms with Gasteiger partial charge < -0.3 is 11.1 Å². The third-order valence-electron chi connectivity index (χ3n) is 2.36. The molecule has 0 aliphatic rings. The molecular formula is C10H18N4O3S. The van der Waals surface area contributed by atoms with Gasteiger partial charge in [0.2, 0.25) is 0 Å². The lowest BCUT2D eigenvalue weighted by Crippen LogP contribution is -2.29. The molecule has 0 aliphatic heterocycles. The molecule has 1 heterocycles. The van der Waals surface area contributed by atoms with Crippen molar-refractivity contribution in [1.82, 2.24) is 15.5 Å². The number of carbonyl (C=O) groups excluding carboxylic acids is 1. The third kappa shape index (κ3) is 4.02. The Morgan fingerprint density at radius 3 is 2.72 bits per heavy atom. The van der Waals surface area contributed by atoms with Gasteiger partial charge in [0.15, 0.2) is 5.69 Å². The minimum Gasteiger partial charge on any atom is -0.395 e. The minimum atomic E-state index is -3.09. The topological polar surface area (TPSA) is 118 Å². The molecule has 1 aromatic rings. The summed E-state index contributed by atoms with van der Waals surface area (Å²) in [6.07, 6.45) is 2.72. The number of nitrogens with zero attached hydrogens (tertiary/aromatic N) is 1. The fraction of sp³-hybridized carbons (Fsp3) is 0.600. The average molecular weight is 274 g/mol. The minimum absolute atomic E-state index is 0.0487. The number of carbonyl (C=O) groups is 1. The van der Waals surface area contributed by atoms with Crippen LogP contribution in [0.1, 0.15) is 29.5 Å². The molecule has 1 amide bonds. The third-order valence-corrected chi connectivity index (χ3v) is 3.30. The number of sulfone groups is 1. The Bertz CT molecular complexity index is 521. The molecule has 7 nitrogen and oxygen atoms in total. The first-order valence-electron chi connectivity index (χ1n) is 5.63. The summed E-state index contributed by atoms with van der Waals surface area (Å²) in [5, 5.41) is 9.02. The van der Waals surface area contributed by atoms with Crippen LogP contribution in [0.25, 0.3) is 0 Å². The van der Waals surface area contributed by atoms with Crippen LogP contribution in [-0.4, -0.2) is 43.1 Å². The maximum atomic E-state index is 11.7. The molecule has 0 unspecified atom stereocenters. The highest BCUT2D eigenvalue weighted by Gasteiger charge is 2.16. The predicted molar refractivity (Wildman–Crippen MR) is 69.0 cm³/mol. The van der Waals surface area contributed by atoms with Gasteiger partial charge in [-0.2, -0.15) is 5.10 Å². The van der Waals surface area contributed by atoms with Gasteiger partial charge in [0.1, 0.15) is 9.84 Å². The summed E-state index contributed by atoms with van der Waals surface area (Å²) in [4.78, 5) is 11.7. The number of hydrogen-bond acceptors (Lipinski definition) is 5.